The Kier molecular flexibility index (Phi) is 6.28. The van der Waals surface area contributed by atoms with E-state index in [1.807, 2.05) is 0 Å². The van der Waals surface area contributed by atoms with Crippen molar-refractivity contribution in [3.8, 4) is 0 Å². The maximum absolute atomic E-state index is 13.3. The summed E-state index contributed by atoms with van der Waals surface area (Å²) in [5.74, 6) is -1.90. The molecule has 1 rings (SSSR count). The van der Waals surface area contributed by atoms with Crippen LogP contribution in [-0.4, -0.2) is 19.0 Å². The molecule has 3 nitrogen and oxygen atoms in total. The SMILES string of the molecule is NCCCCNC(=O)CCc1cccc(F)c1F. The molecule has 0 fully saturated rings. The summed E-state index contributed by atoms with van der Waals surface area (Å²) in [5.41, 5.74) is 5.55. The van der Waals surface area contributed by atoms with Crippen molar-refractivity contribution in [1.29, 1.82) is 0 Å². The van der Waals surface area contributed by atoms with Gasteiger partial charge >= 0.3 is 0 Å². The molecule has 0 aliphatic heterocycles. The lowest BCUT2D eigenvalue weighted by Crippen LogP contribution is -2.25. The summed E-state index contributed by atoms with van der Waals surface area (Å²) < 4.78 is 26.2. The van der Waals surface area contributed by atoms with E-state index in [0.717, 1.165) is 18.9 Å². The van der Waals surface area contributed by atoms with Gasteiger partial charge in [-0.1, -0.05) is 12.1 Å². The number of carbonyl (C=O) groups excluding carboxylic acids is 1. The first-order valence-electron chi connectivity index (χ1n) is 6.05. The normalized spacial score (nSPS) is 10.4. The standard InChI is InChI=1S/C13H18F2N2O/c14-11-5-3-4-10(13(11)15)6-7-12(18)17-9-2-1-8-16/h3-5H,1-2,6-9,16H2,(H,17,18). The third kappa shape index (κ3) is 4.79. The monoisotopic (exact) mass is 256 g/mol. The molecule has 5 heteroatoms. The van der Waals surface area contributed by atoms with Gasteiger partial charge in [-0.25, -0.2) is 8.78 Å². The summed E-state index contributed by atoms with van der Waals surface area (Å²) in [6.07, 6.45) is 2.05. The van der Waals surface area contributed by atoms with Gasteiger partial charge in [-0.05, 0) is 37.4 Å². The average Bonchev–Trinajstić information content (AvgIpc) is 2.36. The van der Waals surface area contributed by atoms with Gasteiger partial charge in [-0.3, -0.25) is 4.79 Å². The third-order valence-corrected chi connectivity index (χ3v) is 2.61. The molecule has 0 spiro atoms. The second kappa shape index (κ2) is 7.76. The van der Waals surface area contributed by atoms with Crippen molar-refractivity contribution in [2.45, 2.75) is 25.7 Å². The van der Waals surface area contributed by atoms with Gasteiger partial charge in [0.05, 0.1) is 0 Å². The second-order valence-corrected chi connectivity index (χ2v) is 4.06. The molecular formula is C13H18F2N2O. The van der Waals surface area contributed by atoms with Gasteiger partial charge in [-0.2, -0.15) is 0 Å². The predicted octanol–water partition coefficient (Wildman–Crippen LogP) is 1.75. The molecule has 3 N–H and O–H groups in total. The van der Waals surface area contributed by atoms with Crippen LogP contribution >= 0.6 is 0 Å². The summed E-state index contributed by atoms with van der Waals surface area (Å²) in [6, 6.07) is 3.98. The quantitative estimate of drug-likeness (QED) is 0.730. The topological polar surface area (TPSA) is 55.1 Å². The zero-order valence-corrected chi connectivity index (χ0v) is 10.2. The Labute approximate surface area is 105 Å². The van der Waals surface area contributed by atoms with Crippen LogP contribution in [0.15, 0.2) is 18.2 Å². The largest absolute Gasteiger partial charge is 0.356 e. The minimum atomic E-state index is -0.879. The van der Waals surface area contributed by atoms with Crippen LogP contribution in [0.5, 0.6) is 0 Å². The highest BCUT2D eigenvalue weighted by atomic mass is 19.2. The van der Waals surface area contributed by atoms with E-state index in [2.05, 4.69) is 5.32 Å². The van der Waals surface area contributed by atoms with Gasteiger partial charge < -0.3 is 11.1 Å². The van der Waals surface area contributed by atoms with Gasteiger partial charge in [0.15, 0.2) is 11.6 Å². The van der Waals surface area contributed by atoms with Gasteiger partial charge in [0.1, 0.15) is 0 Å². The van der Waals surface area contributed by atoms with Crippen LogP contribution in [0.2, 0.25) is 0 Å². The number of amides is 1. The Morgan fingerprint density at radius 2 is 2.06 bits per heavy atom. The highest BCUT2D eigenvalue weighted by molar-refractivity contribution is 5.76. The first kappa shape index (κ1) is 14.6. The molecule has 100 valence electrons. The fraction of sp³-hybridized carbons (Fsp3) is 0.462. The lowest BCUT2D eigenvalue weighted by Gasteiger charge is -2.06. The summed E-state index contributed by atoms with van der Waals surface area (Å²) in [4.78, 5) is 11.4. The average molecular weight is 256 g/mol. The second-order valence-electron chi connectivity index (χ2n) is 4.06. The minimum absolute atomic E-state index is 0.156. The van der Waals surface area contributed by atoms with E-state index < -0.39 is 11.6 Å². The van der Waals surface area contributed by atoms with Gasteiger partial charge in [-0.15, -0.1) is 0 Å². The first-order valence-corrected chi connectivity index (χ1v) is 6.05. The summed E-state index contributed by atoms with van der Waals surface area (Å²) in [7, 11) is 0. The molecule has 0 saturated carbocycles. The Bertz CT molecular complexity index is 397. The number of aryl methyl sites for hydroxylation is 1. The zero-order chi connectivity index (χ0) is 13.4. The summed E-state index contributed by atoms with van der Waals surface area (Å²) >= 11 is 0. The van der Waals surface area contributed by atoms with Crippen molar-refractivity contribution in [2.24, 2.45) is 5.73 Å². The van der Waals surface area contributed by atoms with Crippen molar-refractivity contribution in [2.75, 3.05) is 13.1 Å². The Morgan fingerprint density at radius 3 is 2.78 bits per heavy atom. The van der Waals surface area contributed by atoms with Crippen LogP contribution in [-0.2, 0) is 11.2 Å². The molecule has 0 atom stereocenters. The first-order chi connectivity index (χ1) is 8.65. The van der Waals surface area contributed by atoms with Crippen molar-refractivity contribution < 1.29 is 13.6 Å². The number of benzene rings is 1. The maximum atomic E-state index is 13.3. The molecule has 0 aromatic heterocycles. The van der Waals surface area contributed by atoms with Crippen molar-refractivity contribution in [1.82, 2.24) is 5.32 Å². The molecule has 0 bridgehead atoms. The Morgan fingerprint density at radius 1 is 1.28 bits per heavy atom. The lowest BCUT2D eigenvalue weighted by atomic mass is 10.1. The van der Waals surface area contributed by atoms with Gasteiger partial charge in [0.2, 0.25) is 5.91 Å². The van der Waals surface area contributed by atoms with Crippen molar-refractivity contribution in [3.63, 3.8) is 0 Å². The van der Waals surface area contributed by atoms with Crippen LogP contribution in [0, 0.1) is 11.6 Å². The van der Waals surface area contributed by atoms with E-state index in [0.29, 0.717) is 13.1 Å². The highest BCUT2D eigenvalue weighted by Crippen LogP contribution is 2.12. The molecule has 0 aliphatic rings. The maximum Gasteiger partial charge on any atom is 0.220 e. The fourth-order valence-electron chi connectivity index (χ4n) is 1.58. The van der Waals surface area contributed by atoms with E-state index in [1.165, 1.54) is 12.1 Å². The third-order valence-electron chi connectivity index (χ3n) is 2.61. The minimum Gasteiger partial charge on any atom is -0.356 e. The zero-order valence-electron chi connectivity index (χ0n) is 10.2. The number of halogens is 2. The fourth-order valence-corrected chi connectivity index (χ4v) is 1.58. The number of nitrogens with two attached hydrogens (primary N) is 1. The number of nitrogens with one attached hydrogen (secondary N) is 1. The predicted molar refractivity (Wildman–Crippen MR) is 66.0 cm³/mol. The van der Waals surface area contributed by atoms with Crippen LogP contribution < -0.4 is 11.1 Å². The van der Waals surface area contributed by atoms with Crippen LogP contribution in [0.1, 0.15) is 24.8 Å². The molecular weight excluding hydrogens is 238 g/mol. The van der Waals surface area contributed by atoms with Gasteiger partial charge in [0.25, 0.3) is 0 Å². The molecule has 1 aromatic rings. The number of carbonyl (C=O) groups is 1. The smallest absolute Gasteiger partial charge is 0.220 e. The molecule has 18 heavy (non-hydrogen) atoms. The molecule has 0 unspecified atom stereocenters. The van der Waals surface area contributed by atoms with E-state index in [4.69, 9.17) is 5.73 Å². The van der Waals surface area contributed by atoms with Crippen molar-refractivity contribution >= 4 is 5.91 Å². The van der Waals surface area contributed by atoms with E-state index >= 15 is 0 Å². The molecule has 1 amide bonds. The number of hydrogen-bond donors (Lipinski definition) is 2. The molecule has 1 aromatic carbocycles. The summed E-state index contributed by atoms with van der Waals surface area (Å²) in [6.45, 7) is 1.17. The van der Waals surface area contributed by atoms with E-state index in [-0.39, 0.29) is 24.3 Å². The Hall–Kier alpha value is -1.49. The highest BCUT2D eigenvalue weighted by Gasteiger charge is 2.09. The number of unbranched alkanes of at least 4 members (excludes halogenated alkanes) is 1. The number of hydrogen-bond acceptors (Lipinski definition) is 2. The molecule has 0 aliphatic carbocycles. The molecule has 0 saturated heterocycles. The molecule has 0 heterocycles. The van der Waals surface area contributed by atoms with Crippen molar-refractivity contribution in [3.05, 3.63) is 35.4 Å². The van der Waals surface area contributed by atoms with Crippen LogP contribution in [0.3, 0.4) is 0 Å². The van der Waals surface area contributed by atoms with Crippen LogP contribution in [0.25, 0.3) is 0 Å². The number of rotatable bonds is 7. The lowest BCUT2D eigenvalue weighted by molar-refractivity contribution is -0.121. The van der Waals surface area contributed by atoms with E-state index in [9.17, 15) is 13.6 Å². The molecule has 0 radical (unpaired) electrons. The van der Waals surface area contributed by atoms with Crippen LogP contribution in [0.4, 0.5) is 8.78 Å². The summed E-state index contributed by atoms with van der Waals surface area (Å²) in [5, 5.41) is 2.71. The van der Waals surface area contributed by atoms with Gasteiger partial charge in [0, 0.05) is 13.0 Å². The van der Waals surface area contributed by atoms with E-state index in [1.54, 1.807) is 0 Å². The Balaban J connectivity index is 2.32.